The van der Waals surface area contributed by atoms with Crippen LogP contribution in [0.15, 0.2) is 58.5 Å². The van der Waals surface area contributed by atoms with Crippen molar-refractivity contribution in [3.05, 3.63) is 80.4 Å². The molecule has 0 bridgehead atoms. The number of aryl methyl sites for hydroxylation is 1. The van der Waals surface area contributed by atoms with E-state index in [1.807, 2.05) is 50.2 Å². The van der Waals surface area contributed by atoms with Crippen molar-refractivity contribution in [1.82, 2.24) is 14.6 Å². The number of hydrogen-bond donors (Lipinski definition) is 0. The van der Waals surface area contributed by atoms with Gasteiger partial charge in [-0.1, -0.05) is 35.1 Å². The Kier molecular flexibility index (Phi) is 5.97. The predicted molar refractivity (Wildman–Crippen MR) is 127 cm³/mol. The number of halogens is 1. The number of hydrogen-bond acceptors (Lipinski definition) is 8. The first-order valence-corrected chi connectivity index (χ1v) is 10.7. The summed E-state index contributed by atoms with van der Waals surface area (Å²) in [6, 6.07) is 14.0. The highest BCUT2D eigenvalue weighted by molar-refractivity contribution is 7.20. The third-order valence-electron chi connectivity index (χ3n) is 4.48. The predicted octanol–water partition coefficient (Wildman–Crippen LogP) is 4.71. The Bertz CT molecular complexity index is 1410. The first-order chi connectivity index (χ1) is 15.3. The second kappa shape index (κ2) is 8.85. The molecule has 0 N–H and O–H groups in total. The van der Waals surface area contributed by atoms with Gasteiger partial charge in [0, 0.05) is 48.8 Å². The maximum Gasteiger partial charge on any atom is 0.296 e. The van der Waals surface area contributed by atoms with Gasteiger partial charge in [-0.15, -0.1) is 5.10 Å². The molecule has 11 heteroatoms. The van der Waals surface area contributed by atoms with Crippen molar-refractivity contribution in [1.29, 1.82) is 0 Å². The number of anilines is 1. The van der Waals surface area contributed by atoms with Crippen molar-refractivity contribution in [3.63, 3.8) is 0 Å². The lowest BCUT2D eigenvalue weighted by Gasteiger charge is -2.11. The molecule has 4 aromatic rings. The Morgan fingerprint density at radius 3 is 2.62 bits per heavy atom. The Morgan fingerprint density at radius 1 is 1.19 bits per heavy atom. The number of rotatable bonds is 5. The number of nitro benzene ring substituents is 1. The summed E-state index contributed by atoms with van der Waals surface area (Å²) >= 11 is 7.20. The van der Waals surface area contributed by atoms with Crippen molar-refractivity contribution in [2.24, 2.45) is 9.98 Å². The van der Waals surface area contributed by atoms with Crippen LogP contribution in [0.25, 0.3) is 4.96 Å². The summed E-state index contributed by atoms with van der Waals surface area (Å²) in [5.74, 6) is 0. The molecule has 0 saturated heterocycles. The summed E-state index contributed by atoms with van der Waals surface area (Å²) < 4.78 is 1.53. The summed E-state index contributed by atoms with van der Waals surface area (Å²) in [5.41, 5.74) is 3.14. The van der Waals surface area contributed by atoms with Crippen LogP contribution in [-0.2, 0) is 0 Å². The zero-order valence-electron chi connectivity index (χ0n) is 17.4. The lowest BCUT2D eigenvalue weighted by atomic mass is 10.2. The average molecular weight is 468 g/mol. The highest BCUT2D eigenvalue weighted by Crippen LogP contribution is 2.30. The molecule has 0 atom stereocenters. The SMILES string of the molecule is Cc1cc(=Nc2ccc(Cl)cc2[N+](=O)[O-])n2nc(/N=C/c3ccc(N(C)C)cc3)sc2n1. The number of fused-ring (bicyclic) bond motifs is 1. The van der Waals surface area contributed by atoms with Gasteiger partial charge in [0.15, 0.2) is 5.49 Å². The zero-order valence-corrected chi connectivity index (χ0v) is 19.0. The molecule has 0 spiro atoms. The van der Waals surface area contributed by atoms with Crippen molar-refractivity contribution in [2.45, 2.75) is 6.92 Å². The molecule has 0 unspecified atom stereocenters. The van der Waals surface area contributed by atoms with Gasteiger partial charge in [0.2, 0.25) is 10.1 Å². The second-order valence-corrected chi connectivity index (χ2v) is 8.45. The summed E-state index contributed by atoms with van der Waals surface area (Å²) in [5, 5.41) is 16.6. The lowest BCUT2D eigenvalue weighted by molar-refractivity contribution is -0.384. The summed E-state index contributed by atoms with van der Waals surface area (Å²) in [7, 11) is 3.97. The Labute approximate surface area is 192 Å². The van der Waals surface area contributed by atoms with Crippen LogP contribution in [0, 0.1) is 17.0 Å². The first kappa shape index (κ1) is 21.6. The molecule has 0 fully saturated rings. The number of aromatic nitrogens is 3. The molecule has 0 amide bonds. The van der Waals surface area contributed by atoms with Crippen LogP contribution in [0.1, 0.15) is 11.3 Å². The van der Waals surface area contributed by atoms with Crippen molar-refractivity contribution in [2.75, 3.05) is 19.0 Å². The third kappa shape index (κ3) is 4.66. The molecule has 32 heavy (non-hydrogen) atoms. The maximum absolute atomic E-state index is 11.4. The zero-order chi connectivity index (χ0) is 22.8. The molecular formula is C21H18ClN7O2S. The third-order valence-corrected chi connectivity index (χ3v) is 5.53. The number of benzene rings is 2. The Morgan fingerprint density at radius 2 is 1.94 bits per heavy atom. The molecule has 2 heterocycles. The molecule has 0 aliphatic heterocycles. The van der Waals surface area contributed by atoms with Crippen LogP contribution in [0.4, 0.5) is 22.2 Å². The smallest absolute Gasteiger partial charge is 0.296 e. The maximum atomic E-state index is 11.4. The van der Waals surface area contributed by atoms with Crippen molar-refractivity contribution >= 4 is 56.3 Å². The van der Waals surface area contributed by atoms with Crippen LogP contribution in [0.2, 0.25) is 5.02 Å². The van der Waals surface area contributed by atoms with Crippen LogP contribution in [0.5, 0.6) is 0 Å². The molecular weight excluding hydrogens is 450 g/mol. The van der Waals surface area contributed by atoms with Gasteiger partial charge in [0.05, 0.1) is 4.92 Å². The fourth-order valence-electron chi connectivity index (χ4n) is 2.91. The van der Waals surface area contributed by atoms with Crippen molar-refractivity contribution in [3.8, 4) is 0 Å². The lowest BCUT2D eigenvalue weighted by Crippen LogP contribution is -2.16. The van der Waals surface area contributed by atoms with E-state index in [9.17, 15) is 10.1 Å². The molecule has 9 nitrogen and oxygen atoms in total. The van der Waals surface area contributed by atoms with Gasteiger partial charge in [-0.05, 0) is 36.8 Å². The first-order valence-electron chi connectivity index (χ1n) is 9.48. The second-order valence-electron chi connectivity index (χ2n) is 7.08. The van der Waals surface area contributed by atoms with Crippen LogP contribution >= 0.6 is 22.9 Å². The quantitative estimate of drug-likeness (QED) is 0.240. The van der Waals surface area contributed by atoms with Crippen LogP contribution < -0.4 is 10.4 Å². The Balaban J connectivity index is 1.75. The van der Waals surface area contributed by atoms with E-state index in [-0.39, 0.29) is 16.4 Å². The Hall–Kier alpha value is -3.63. The molecule has 4 rings (SSSR count). The normalized spacial score (nSPS) is 12.1. The fraction of sp³-hybridized carbons (Fsp3) is 0.143. The molecule has 2 aromatic heterocycles. The molecule has 0 aliphatic rings. The van der Waals surface area contributed by atoms with Gasteiger partial charge in [-0.3, -0.25) is 10.1 Å². The topological polar surface area (TPSA) is 101 Å². The highest BCUT2D eigenvalue weighted by Gasteiger charge is 2.14. The summed E-state index contributed by atoms with van der Waals surface area (Å²) in [6.07, 6.45) is 1.73. The van der Waals surface area contributed by atoms with Gasteiger partial charge in [0.25, 0.3) is 5.69 Å². The van der Waals surface area contributed by atoms with Gasteiger partial charge < -0.3 is 4.90 Å². The summed E-state index contributed by atoms with van der Waals surface area (Å²) in [4.78, 5) is 26.9. The van der Waals surface area contributed by atoms with E-state index in [4.69, 9.17) is 11.6 Å². The van der Waals surface area contributed by atoms with E-state index in [1.54, 1.807) is 18.3 Å². The van der Waals surface area contributed by atoms with Gasteiger partial charge >= 0.3 is 0 Å². The number of aliphatic imine (C=N–C) groups is 1. The molecule has 0 aliphatic carbocycles. The monoisotopic (exact) mass is 467 g/mol. The van der Waals surface area contributed by atoms with Crippen LogP contribution in [0.3, 0.4) is 0 Å². The average Bonchev–Trinajstić information content (AvgIpc) is 3.16. The number of nitro groups is 1. The largest absolute Gasteiger partial charge is 0.378 e. The minimum atomic E-state index is -0.515. The van der Waals surface area contributed by atoms with E-state index < -0.39 is 4.92 Å². The molecule has 0 radical (unpaired) electrons. The van der Waals surface area contributed by atoms with Crippen molar-refractivity contribution < 1.29 is 4.92 Å². The van der Waals surface area contributed by atoms with E-state index in [0.717, 1.165) is 11.3 Å². The minimum absolute atomic E-state index is 0.179. The van der Waals surface area contributed by atoms with Gasteiger partial charge in [-0.25, -0.2) is 15.0 Å². The standard InChI is InChI=1S/C21H18ClN7O2S/c1-13-10-19(25-17-9-6-15(22)11-18(17)29(30)31)28-21(24-13)32-20(26-28)23-12-14-4-7-16(8-5-14)27(2)3/h4-12H,1-3H3/b23-12+,25-19?. The van der Waals surface area contributed by atoms with Gasteiger partial charge in [-0.2, -0.15) is 4.52 Å². The van der Waals surface area contributed by atoms with E-state index in [0.29, 0.717) is 21.3 Å². The van der Waals surface area contributed by atoms with E-state index in [1.165, 1.54) is 28.0 Å². The van der Waals surface area contributed by atoms with Crippen LogP contribution in [-0.4, -0.2) is 39.8 Å². The summed E-state index contributed by atoms with van der Waals surface area (Å²) in [6.45, 7) is 1.82. The van der Waals surface area contributed by atoms with Gasteiger partial charge in [0.1, 0.15) is 5.69 Å². The molecule has 0 saturated carbocycles. The minimum Gasteiger partial charge on any atom is -0.378 e. The molecule has 2 aromatic carbocycles. The molecule has 162 valence electrons. The van der Waals surface area contributed by atoms with E-state index in [2.05, 4.69) is 20.1 Å². The fourth-order valence-corrected chi connectivity index (χ4v) is 3.87. The highest BCUT2D eigenvalue weighted by atomic mass is 35.5. The number of nitrogens with zero attached hydrogens (tertiary/aromatic N) is 7. The van der Waals surface area contributed by atoms with E-state index >= 15 is 0 Å².